The van der Waals surface area contributed by atoms with Crippen LogP contribution in [-0.2, 0) is 4.79 Å². The lowest BCUT2D eigenvalue weighted by molar-refractivity contribution is -0.143. The van der Waals surface area contributed by atoms with Crippen LogP contribution >= 0.6 is 23.1 Å². The molecule has 3 N–H and O–H groups in total. The van der Waals surface area contributed by atoms with E-state index in [1.807, 2.05) is 25.1 Å². The second-order valence-electron chi connectivity index (χ2n) is 4.71. The van der Waals surface area contributed by atoms with E-state index in [9.17, 15) is 4.79 Å². The number of fused-ring (bicyclic) bond motifs is 1. The fourth-order valence-corrected chi connectivity index (χ4v) is 3.97. The van der Waals surface area contributed by atoms with Crippen molar-refractivity contribution in [2.24, 2.45) is 5.73 Å². The maximum Gasteiger partial charge on any atom is 0.323 e. The molecule has 0 aliphatic carbocycles. The van der Waals surface area contributed by atoms with Gasteiger partial charge in [-0.25, -0.2) is 4.98 Å². The number of carbonyl (C=O) groups is 1. The number of rotatable bonds is 7. The van der Waals surface area contributed by atoms with E-state index >= 15 is 0 Å². The summed E-state index contributed by atoms with van der Waals surface area (Å²) < 4.78 is 2.21. The zero-order chi connectivity index (χ0) is 14.6. The molecule has 1 heterocycles. The van der Waals surface area contributed by atoms with Gasteiger partial charge in [-0.3, -0.25) is 4.79 Å². The van der Waals surface area contributed by atoms with Gasteiger partial charge in [0, 0.05) is 5.75 Å². The molecule has 0 radical (unpaired) electrons. The third kappa shape index (κ3) is 3.50. The molecule has 0 spiro atoms. The number of thioether (sulfide) groups is 1. The minimum Gasteiger partial charge on any atom is -0.480 e. The molecule has 4 nitrogen and oxygen atoms in total. The summed E-state index contributed by atoms with van der Waals surface area (Å²) in [5, 5.41) is 9.10. The van der Waals surface area contributed by atoms with Crippen LogP contribution in [0.5, 0.6) is 0 Å². The fraction of sp³-hybridized carbons (Fsp3) is 0.429. The van der Waals surface area contributed by atoms with Crippen molar-refractivity contribution in [3.8, 4) is 0 Å². The van der Waals surface area contributed by atoms with Crippen molar-refractivity contribution >= 4 is 39.3 Å². The monoisotopic (exact) mass is 310 g/mol. The molecule has 0 saturated heterocycles. The number of nitrogens with two attached hydrogens (primary N) is 1. The SMILES string of the molecule is CCC(N)(CCCSc1nc2ccccc2s1)C(=O)O. The van der Waals surface area contributed by atoms with Gasteiger partial charge in [-0.05, 0) is 31.4 Å². The number of aliphatic carboxylic acids is 1. The summed E-state index contributed by atoms with van der Waals surface area (Å²) in [5.41, 5.74) is 5.79. The highest BCUT2D eigenvalue weighted by atomic mass is 32.2. The summed E-state index contributed by atoms with van der Waals surface area (Å²) in [6.45, 7) is 1.81. The van der Waals surface area contributed by atoms with Crippen molar-refractivity contribution in [3.05, 3.63) is 24.3 Å². The molecule has 1 atom stereocenters. The van der Waals surface area contributed by atoms with Crippen LogP contribution in [0.2, 0.25) is 0 Å². The summed E-state index contributed by atoms with van der Waals surface area (Å²) in [6, 6.07) is 8.05. The molecule has 0 saturated carbocycles. The maximum absolute atomic E-state index is 11.1. The highest BCUT2D eigenvalue weighted by molar-refractivity contribution is 8.01. The lowest BCUT2D eigenvalue weighted by atomic mass is 9.92. The Morgan fingerprint density at radius 1 is 1.50 bits per heavy atom. The number of carboxylic acids is 1. The molecule has 108 valence electrons. The molecule has 0 fully saturated rings. The Morgan fingerprint density at radius 3 is 2.90 bits per heavy atom. The number of aromatic nitrogens is 1. The Balaban J connectivity index is 1.85. The molecule has 6 heteroatoms. The predicted molar refractivity (Wildman–Crippen MR) is 84.4 cm³/mol. The minimum atomic E-state index is -1.09. The second-order valence-corrected chi connectivity index (χ2v) is 7.09. The van der Waals surface area contributed by atoms with Crippen molar-refractivity contribution in [2.75, 3.05) is 5.75 Å². The highest BCUT2D eigenvalue weighted by Crippen LogP contribution is 2.30. The average Bonchev–Trinajstić information content (AvgIpc) is 2.85. The molecular weight excluding hydrogens is 292 g/mol. The first-order chi connectivity index (χ1) is 9.55. The maximum atomic E-state index is 11.1. The smallest absolute Gasteiger partial charge is 0.323 e. The summed E-state index contributed by atoms with van der Waals surface area (Å²) in [5.74, 6) is -0.0727. The first kappa shape index (κ1) is 15.3. The molecular formula is C14H18N2O2S2. The van der Waals surface area contributed by atoms with Gasteiger partial charge in [-0.15, -0.1) is 11.3 Å². The largest absolute Gasteiger partial charge is 0.480 e. The minimum absolute atomic E-state index is 0.453. The van der Waals surface area contributed by atoms with Gasteiger partial charge >= 0.3 is 5.97 Å². The quantitative estimate of drug-likeness (QED) is 0.606. The molecule has 1 aromatic heterocycles. The van der Waals surface area contributed by atoms with Gasteiger partial charge in [-0.2, -0.15) is 0 Å². The third-order valence-corrected chi connectivity index (χ3v) is 5.59. The standard InChI is InChI=1S/C14H18N2O2S2/c1-2-14(15,12(17)18)8-5-9-19-13-16-10-6-3-4-7-11(10)20-13/h3-4,6-7H,2,5,8-9,15H2,1H3,(H,17,18). The Bertz CT molecular complexity index is 567. The van der Waals surface area contributed by atoms with Crippen molar-refractivity contribution in [1.82, 2.24) is 4.98 Å². The number of benzene rings is 1. The van der Waals surface area contributed by atoms with Gasteiger partial charge in [0.2, 0.25) is 0 Å². The Labute approximate surface area is 126 Å². The van der Waals surface area contributed by atoms with Gasteiger partial charge in [-0.1, -0.05) is 30.8 Å². The van der Waals surface area contributed by atoms with Gasteiger partial charge in [0.15, 0.2) is 4.34 Å². The number of hydrogen-bond acceptors (Lipinski definition) is 5. The van der Waals surface area contributed by atoms with E-state index in [1.54, 1.807) is 23.1 Å². The first-order valence-electron chi connectivity index (χ1n) is 6.56. The van der Waals surface area contributed by atoms with Crippen LogP contribution in [0.3, 0.4) is 0 Å². The second kappa shape index (κ2) is 6.56. The van der Waals surface area contributed by atoms with Crippen LogP contribution in [0.15, 0.2) is 28.6 Å². The summed E-state index contributed by atoms with van der Waals surface area (Å²) in [6.07, 6.45) is 1.72. The number of nitrogens with zero attached hydrogens (tertiary/aromatic N) is 1. The molecule has 0 aliphatic heterocycles. The molecule has 0 bridgehead atoms. The van der Waals surface area contributed by atoms with Gasteiger partial charge < -0.3 is 10.8 Å². The normalized spacial score (nSPS) is 14.3. The summed E-state index contributed by atoms with van der Waals surface area (Å²) in [4.78, 5) is 15.6. The zero-order valence-corrected chi connectivity index (χ0v) is 13.0. The Hall–Kier alpha value is -1.11. The van der Waals surface area contributed by atoms with Crippen LogP contribution in [-0.4, -0.2) is 27.4 Å². The van der Waals surface area contributed by atoms with E-state index < -0.39 is 11.5 Å². The van der Waals surface area contributed by atoms with Crippen molar-refractivity contribution in [2.45, 2.75) is 36.1 Å². The lowest BCUT2D eigenvalue weighted by Gasteiger charge is -2.22. The molecule has 2 rings (SSSR count). The van der Waals surface area contributed by atoms with Crippen molar-refractivity contribution in [1.29, 1.82) is 0 Å². The Morgan fingerprint density at radius 2 is 2.25 bits per heavy atom. The highest BCUT2D eigenvalue weighted by Gasteiger charge is 2.30. The fourth-order valence-electron chi connectivity index (χ4n) is 1.89. The number of thiazole rings is 1. The average molecular weight is 310 g/mol. The molecule has 20 heavy (non-hydrogen) atoms. The van der Waals surface area contributed by atoms with E-state index in [1.165, 1.54) is 4.70 Å². The molecule has 0 aliphatic rings. The first-order valence-corrected chi connectivity index (χ1v) is 8.36. The lowest BCUT2D eigenvalue weighted by Crippen LogP contribution is -2.47. The number of hydrogen-bond donors (Lipinski definition) is 2. The van der Waals surface area contributed by atoms with Crippen LogP contribution in [0.4, 0.5) is 0 Å². The summed E-state index contributed by atoms with van der Waals surface area (Å²) in [7, 11) is 0. The van der Waals surface area contributed by atoms with Crippen LogP contribution in [0.25, 0.3) is 10.2 Å². The molecule has 1 unspecified atom stereocenters. The van der Waals surface area contributed by atoms with Crippen molar-refractivity contribution in [3.63, 3.8) is 0 Å². The number of para-hydroxylation sites is 1. The van der Waals surface area contributed by atoms with Gasteiger partial charge in [0.05, 0.1) is 10.2 Å². The van der Waals surface area contributed by atoms with Crippen LogP contribution in [0.1, 0.15) is 26.2 Å². The molecule has 1 aromatic carbocycles. The van der Waals surface area contributed by atoms with Crippen molar-refractivity contribution < 1.29 is 9.90 Å². The van der Waals surface area contributed by atoms with E-state index in [4.69, 9.17) is 10.8 Å². The third-order valence-electron chi connectivity index (χ3n) is 3.32. The molecule has 2 aromatic rings. The Kier molecular flexibility index (Phi) is 5.01. The molecule has 0 amide bonds. The van der Waals surface area contributed by atoms with Gasteiger partial charge in [0.25, 0.3) is 0 Å². The van der Waals surface area contributed by atoms with Crippen LogP contribution < -0.4 is 5.73 Å². The van der Waals surface area contributed by atoms with E-state index in [-0.39, 0.29) is 0 Å². The van der Waals surface area contributed by atoms with E-state index in [2.05, 4.69) is 11.1 Å². The number of carboxylic acid groups (broad SMARTS) is 1. The van der Waals surface area contributed by atoms with E-state index in [0.717, 1.165) is 22.0 Å². The van der Waals surface area contributed by atoms with Crippen LogP contribution in [0, 0.1) is 0 Å². The van der Waals surface area contributed by atoms with E-state index in [0.29, 0.717) is 12.8 Å². The zero-order valence-electron chi connectivity index (χ0n) is 11.3. The van der Waals surface area contributed by atoms with Gasteiger partial charge in [0.1, 0.15) is 5.54 Å². The topological polar surface area (TPSA) is 76.2 Å². The summed E-state index contributed by atoms with van der Waals surface area (Å²) >= 11 is 3.34. The predicted octanol–water partition coefficient (Wildman–Crippen LogP) is 3.36.